The van der Waals surface area contributed by atoms with Crippen LogP contribution < -0.4 is 10.2 Å². The van der Waals surface area contributed by atoms with Crippen LogP contribution in [0.3, 0.4) is 0 Å². The lowest BCUT2D eigenvalue weighted by molar-refractivity contribution is -0.116. The number of piperazine rings is 1. The van der Waals surface area contributed by atoms with E-state index in [0.29, 0.717) is 19.3 Å². The Morgan fingerprint density at radius 1 is 1.27 bits per heavy atom. The average molecular weight is 353 g/mol. The maximum absolute atomic E-state index is 12.3. The van der Waals surface area contributed by atoms with Crippen LogP contribution in [0.2, 0.25) is 0 Å². The zero-order valence-corrected chi connectivity index (χ0v) is 15.7. The maximum Gasteiger partial charge on any atom is 0.224 e. The van der Waals surface area contributed by atoms with E-state index in [1.54, 1.807) is 0 Å². The van der Waals surface area contributed by atoms with Crippen LogP contribution in [0.25, 0.3) is 0 Å². The van der Waals surface area contributed by atoms with Crippen LogP contribution in [0, 0.1) is 19.3 Å². The molecule has 0 radical (unpaired) electrons. The lowest BCUT2D eigenvalue weighted by Crippen LogP contribution is -2.44. The van der Waals surface area contributed by atoms with Gasteiger partial charge in [-0.25, -0.2) is 0 Å². The molecule has 2 aliphatic heterocycles. The smallest absolute Gasteiger partial charge is 0.224 e. The predicted molar refractivity (Wildman–Crippen MR) is 104 cm³/mol. The van der Waals surface area contributed by atoms with Crippen molar-refractivity contribution in [2.45, 2.75) is 38.3 Å². The molecule has 0 spiro atoms. The van der Waals surface area contributed by atoms with Crippen LogP contribution in [0.1, 0.15) is 31.2 Å². The van der Waals surface area contributed by atoms with Gasteiger partial charge in [-0.05, 0) is 37.7 Å². The Bertz CT molecular complexity index is 722. The van der Waals surface area contributed by atoms with Gasteiger partial charge >= 0.3 is 0 Å². The third-order valence-electron chi connectivity index (χ3n) is 5.16. The number of terminal acetylenes is 1. The van der Waals surface area contributed by atoms with Crippen LogP contribution in [0.5, 0.6) is 0 Å². The third-order valence-corrected chi connectivity index (χ3v) is 5.16. The first-order valence-electron chi connectivity index (χ1n) is 9.23. The van der Waals surface area contributed by atoms with Gasteiger partial charge in [-0.3, -0.25) is 4.79 Å². The lowest BCUT2D eigenvalue weighted by Gasteiger charge is -2.34. The fourth-order valence-electron chi connectivity index (χ4n) is 3.24. The Kier molecular flexibility index (Phi) is 5.58. The molecule has 0 aromatic heterocycles. The molecule has 1 saturated heterocycles. The molecule has 0 atom stereocenters. The summed E-state index contributed by atoms with van der Waals surface area (Å²) in [5.74, 6) is 2.60. The van der Waals surface area contributed by atoms with Crippen molar-refractivity contribution < 1.29 is 4.79 Å². The molecule has 1 amide bonds. The number of hydrogen-bond donors (Lipinski definition) is 1. The molecule has 1 aromatic rings. The SMILES string of the molecule is C#CCCC1(CCC(=O)Nc2ccc(N3CCN(C)CC3)cc2C)N=N1. The van der Waals surface area contributed by atoms with Crippen LogP contribution in [0.15, 0.2) is 28.4 Å². The summed E-state index contributed by atoms with van der Waals surface area (Å²) in [5.41, 5.74) is 2.77. The Balaban J connectivity index is 1.51. The fraction of sp³-hybridized carbons (Fsp3) is 0.550. The average Bonchev–Trinajstić information content (AvgIpc) is 3.41. The number of rotatable bonds is 7. The van der Waals surface area contributed by atoms with Gasteiger partial charge in [0.1, 0.15) is 0 Å². The summed E-state index contributed by atoms with van der Waals surface area (Å²) in [5, 5.41) is 11.2. The fourth-order valence-corrected chi connectivity index (χ4v) is 3.24. The third kappa shape index (κ3) is 4.61. The number of carbonyl (C=O) groups is 1. The van der Waals surface area contributed by atoms with Crippen molar-refractivity contribution in [1.29, 1.82) is 0 Å². The van der Waals surface area contributed by atoms with E-state index in [4.69, 9.17) is 6.42 Å². The van der Waals surface area contributed by atoms with Crippen molar-refractivity contribution in [3.8, 4) is 12.3 Å². The van der Waals surface area contributed by atoms with Gasteiger partial charge in [0, 0.05) is 63.2 Å². The molecule has 6 nitrogen and oxygen atoms in total. The molecule has 1 N–H and O–H groups in total. The van der Waals surface area contributed by atoms with E-state index < -0.39 is 5.66 Å². The Labute approximate surface area is 155 Å². The van der Waals surface area contributed by atoms with Crippen molar-refractivity contribution in [3.05, 3.63) is 23.8 Å². The highest BCUT2D eigenvalue weighted by Crippen LogP contribution is 2.37. The zero-order valence-electron chi connectivity index (χ0n) is 15.7. The quantitative estimate of drug-likeness (QED) is 0.767. The minimum Gasteiger partial charge on any atom is -0.369 e. The number of aryl methyl sites for hydroxylation is 1. The molecule has 2 heterocycles. The first-order chi connectivity index (χ1) is 12.5. The van der Waals surface area contributed by atoms with Gasteiger partial charge in [-0.15, -0.1) is 12.3 Å². The molecule has 0 aliphatic carbocycles. The van der Waals surface area contributed by atoms with Crippen LogP contribution in [-0.2, 0) is 4.79 Å². The Hall–Kier alpha value is -2.39. The summed E-state index contributed by atoms with van der Waals surface area (Å²) in [6.07, 6.45) is 7.69. The standard InChI is InChI=1S/C20H27N5O/c1-4-5-9-20(22-23-20)10-8-19(26)21-18-7-6-17(15-16(18)2)25-13-11-24(3)12-14-25/h1,6-7,15H,5,8-14H2,2-3H3,(H,21,26). The van der Waals surface area contributed by atoms with Gasteiger partial charge < -0.3 is 15.1 Å². The molecule has 0 saturated carbocycles. The van der Waals surface area contributed by atoms with Gasteiger partial charge in [-0.1, -0.05) is 0 Å². The van der Waals surface area contributed by atoms with E-state index in [1.807, 2.05) is 13.0 Å². The number of nitrogens with one attached hydrogen (secondary N) is 1. The predicted octanol–water partition coefficient (Wildman–Crippen LogP) is 3.04. The topological polar surface area (TPSA) is 60.3 Å². The molecule has 6 heteroatoms. The van der Waals surface area contributed by atoms with Gasteiger partial charge in [-0.2, -0.15) is 10.2 Å². The summed E-state index contributed by atoms with van der Waals surface area (Å²) in [7, 11) is 2.15. The molecule has 0 bridgehead atoms. The van der Waals surface area contributed by atoms with E-state index in [-0.39, 0.29) is 5.91 Å². The molecule has 2 aliphatic rings. The largest absolute Gasteiger partial charge is 0.369 e. The van der Waals surface area contributed by atoms with Gasteiger partial charge in [0.05, 0.1) is 0 Å². The van der Waals surface area contributed by atoms with E-state index >= 15 is 0 Å². The summed E-state index contributed by atoms with van der Waals surface area (Å²) >= 11 is 0. The normalized spacial score (nSPS) is 18.4. The van der Waals surface area contributed by atoms with E-state index in [1.165, 1.54) is 5.69 Å². The number of anilines is 2. The number of benzene rings is 1. The Morgan fingerprint density at radius 2 is 2.00 bits per heavy atom. The van der Waals surface area contributed by atoms with E-state index in [0.717, 1.165) is 43.9 Å². The second-order valence-corrected chi connectivity index (χ2v) is 7.22. The highest BCUT2D eigenvalue weighted by atomic mass is 16.1. The van der Waals surface area contributed by atoms with E-state index in [2.05, 4.69) is 50.4 Å². The first-order valence-corrected chi connectivity index (χ1v) is 9.23. The highest BCUT2D eigenvalue weighted by Gasteiger charge is 2.39. The van der Waals surface area contributed by atoms with Crippen molar-refractivity contribution in [1.82, 2.24) is 4.90 Å². The molecular weight excluding hydrogens is 326 g/mol. The lowest BCUT2D eigenvalue weighted by atomic mass is 10.0. The summed E-state index contributed by atoms with van der Waals surface area (Å²) in [4.78, 5) is 17.0. The summed E-state index contributed by atoms with van der Waals surface area (Å²) in [6.45, 7) is 6.27. The molecule has 138 valence electrons. The van der Waals surface area contributed by atoms with Crippen LogP contribution in [0.4, 0.5) is 11.4 Å². The second kappa shape index (κ2) is 7.88. The monoisotopic (exact) mass is 353 g/mol. The number of hydrogen-bond acceptors (Lipinski definition) is 5. The highest BCUT2D eigenvalue weighted by molar-refractivity contribution is 5.91. The molecule has 3 rings (SSSR count). The zero-order chi connectivity index (χ0) is 18.6. The van der Waals surface area contributed by atoms with Crippen molar-refractivity contribution in [2.24, 2.45) is 10.2 Å². The molecule has 1 fully saturated rings. The van der Waals surface area contributed by atoms with Gasteiger partial charge in [0.2, 0.25) is 5.91 Å². The number of likely N-dealkylation sites (N-methyl/N-ethyl adjacent to an activating group) is 1. The minimum absolute atomic E-state index is 0.00201. The summed E-state index contributed by atoms with van der Waals surface area (Å²) < 4.78 is 0. The summed E-state index contributed by atoms with van der Waals surface area (Å²) in [6, 6.07) is 6.25. The van der Waals surface area contributed by atoms with Gasteiger partial charge in [0.15, 0.2) is 5.66 Å². The van der Waals surface area contributed by atoms with Crippen molar-refractivity contribution in [3.63, 3.8) is 0 Å². The number of carbonyl (C=O) groups excluding carboxylic acids is 1. The maximum atomic E-state index is 12.3. The number of nitrogens with zero attached hydrogens (tertiary/aromatic N) is 4. The van der Waals surface area contributed by atoms with Crippen LogP contribution >= 0.6 is 0 Å². The Morgan fingerprint density at radius 3 is 2.62 bits per heavy atom. The van der Waals surface area contributed by atoms with Crippen LogP contribution in [-0.4, -0.2) is 49.7 Å². The molecule has 26 heavy (non-hydrogen) atoms. The first kappa shape index (κ1) is 18.4. The molecule has 1 aromatic carbocycles. The van der Waals surface area contributed by atoms with E-state index in [9.17, 15) is 4.79 Å². The molecule has 0 unspecified atom stereocenters. The van der Waals surface area contributed by atoms with Crippen molar-refractivity contribution in [2.75, 3.05) is 43.4 Å². The van der Waals surface area contributed by atoms with Crippen molar-refractivity contribution >= 4 is 17.3 Å². The second-order valence-electron chi connectivity index (χ2n) is 7.22. The van der Waals surface area contributed by atoms with Gasteiger partial charge in [0.25, 0.3) is 0 Å². The number of amides is 1. The molecular formula is C20H27N5O. The minimum atomic E-state index is -0.399.